The van der Waals surface area contributed by atoms with Crippen LogP contribution in [0.4, 0.5) is 0 Å². The zero-order chi connectivity index (χ0) is 15.7. The highest BCUT2D eigenvalue weighted by Gasteiger charge is 2.38. The maximum absolute atomic E-state index is 5.39. The largest absolute Gasteiger partial charge is 0.382 e. The molecule has 6 heteroatoms. The molecule has 2 rings (SSSR count). The molecular formula is C17H34IN3OS. The van der Waals surface area contributed by atoms with Gasteiger partial charge in [0.15, 0.2) is 5.96 Å². The molecule has 0 unspecified atom stereocenters. The van der Waals surface area contributed by atoms with Gasteiger partial charge in [0.25, 0.3) is 0 Å². The highest BCUT2D eigenvalue weighted by molar-refractivity contribution is 14.0. The van der Waals surface area contributed by atoms with E-state index in [9.17, 15) is 0 Å². The quantitative estimate of drug-likeness (QED) is 0.287. The zero-order valence-electron chi connectivity index (χ0n) is 14.8. The fourth-order valence-corrected chi connectivity index (χ4v) is 5.10. The minimum atomic E-state index is 0. The number of halogens is 1. The lowest BCUT2D eigenvalue weighted by Crippen LogP contribution is -2.53. The van der Waals surface area contributed by atoms with Gasteiger partial charge in [-0.3, -0.25) is 4.99 Å². The van der Waals surface area contributed by atoms with Crippen molar-refractivity contribution in [3.05, 3.63) is 0 Å². The number of unbranched alkanes of at least 4 members (excludes halogenated alkanes) is 1. The van der Waals surface area contributed by atoms with Crippen LogP contribution in [-0.2, 0) is 4.74 Å². The second-order valence-electron chi connectivity index (χ2n) is 6.39. The molecular weight excluding hydrogens is 421 g/mol. The third kappa shape index (κ3) is 6.98. The molecule has 1 aliphatic carbocycles. The number of rotatable bonds is 6. The van der Waals surface area contributed by atoms with Crippen molar-refractivity contribution < 1.29 is 4.74 Å². The Morgan fingerprint density at radius 3 is 2.74 bits per heavy atom. The first kappa shape index (κ1) is 21.4. The van der Waals surface area contributed by atoms with Crippen molar-refractivity contribution in [3.8, 4) is 0 Å². The molecule has 1 spiro atoms. The number of guanidine groups is 1. The van der Waals surface area contributed by atoms with E-state index < -0.39 is 0 Å². The molecule has 1 N–H and O–H groups in total. The summed E-state index contributed by atoms with van der Waals surface area (Å²) in [6.45, 7) is 7.05. The molecule has 1 heterocycles. The zero-order valence-corrected chi connectivity index (χ0v) is 18.0. The van der Waals surface area contributed by atoms with Crippen molar-refractivity contribution in [2.45, 2.75) is 56.6 Å². The van der Waals surface area contributed by atoms with Crippen LogP contribution in [0.3, 0.4) is 0 Å². The summed E-state index contributed by atoms with van der Waals surface area (Å²) in [5.41, 5.74) is 0. The third-order valence-electron chi connectivity index (χ3n) is 4.73. The first-order chi connectivity index (χ1) is 10.8. The van der Waals surface area contributed by atoms with Crippen molar-refractivity contribution in [1.82, 2.24) is 10.2 Å². The Hall–Kier alpha value is 0.310. The Balaban J connectivity index is 0.00000264. The predicted molar refractivity (Wildman–Crippen MR) is 112 cm³/mol. The van der Waals surface area contributed by atoms with Gasteiger partial charge in [0.1, 0.15) is 0 Å². The van der Waals surface area contributed by atoms with Gasteiger partial charge < -0.3 is 15.0 Å². The molecule has 0 aromatic carbocycles. The van der Waals surface area contributed by atoms with E-state index in [4.69, 9.17) is 4.74 Å². The molecule has 0 bridgehead atoms. The van der Waals surface area contributed by atoms with Crippen LogP contribution in [0.5, 0.6) is 0 Å². The Morgan fingerprint density at radius 1 is 1.26 bits per heavy atom. The van der Waals surface area contributed by atoms with Gasteiger partial charge in [-0.1, -0.05) is 19.3 Å². The molecule has 1 saturated heterocycles. The van der Waals surface area contributed by atoms with Gasteiger partial charge in [-0.2, -0.15) is 11.8 Å². The van der Waals surface area contributed by atoms with E-state index in [2.05, 4.69) is 33.9 Å². The smallest absolute Gasteiger partial charge is 0.193 e. The molecule has 2 fully saturated rings. The van der Waals surface area contributed by atoms with Crippen LogP contribution in [-0.4, -0.2) is 61.3 Å². The van der Waals surface area contributed by atoms with Crippen LogP contribution >= 0.6 is 35.7 Å². The topological polar surface area (TPSA) is 36.9 Å². The van der Waals surface area contributed by atoms with E-state index >= 15 is 0 Å². The van der Waals surface area contributed by atoms with Crippen molar-refractivity contribution in [3.63, 3.8) is 0 Å². The summed E-state index contributed by atoms with van der Waals surface area (Å²) in [5, 5.41) is 3.55. The average molecular weight is 455 g/mol. The minimum Gasteiger partial charge on any atom is -0.382 e. The fraction of sp³-hybridized carbons (Fsp3) is 0.941. The normalized spacial score (nSPS) is 21.1. The van der Waals surface area contributed by atoms with Crippen molar-refractivity contribution in [2.75, 3.05) is 45.6 Å². The predicted octanol–water partition coefficient (Wildman–Crippen LogP) is 3.75. The number of nitrogens with one attached hydrogen (secondary N) is 1. The number of aliphatic imine (C=N–C) groups is 1. The first-order valence-corrected chi connectivity index (χ1v) is 9.95. The lowest BCUT2D eigenvalue weighted by molar-refractivity contribution is 0.143. The SMILES string of the molecule is CCOCCCCNC(=NC)N1CCSC2(CCCCC2)C1.I. The third-order valence-corrected chi connectivity index (χ3v) is 6.26. The summed E-state index contributed by atoms with van der Waals surface area (Å²) in [5.74, 6) is 2.34. The van der Waals surface area contributed by atoms with Crippen LogP contribution in [0, 0.1) is 0 Å². The lowest BCUT2D eigenvalue weighted by atomic mass is 9.87. The molecule has 0 atom stereocenters. The van der Waals surface area contributed by atoms with E-state index in [1.807, 2.05) is 7.05 Å². The molecule has 0 radical (unpaired) electrons. The van der Waals surface area contributed by atoms with Gasteiger partial charge in [-0.15, -0.1) is 24.0 Å². The van der Waals surface area contributed by atoms with Crippen molar-refractivity contribution >= 4 is 41.7 Å². The number of ether oxygens (including phenoxy) is 1. The second kappa shape index (κ2) is 11.8. The van der Waals surface area contributed by atoms with Crippen LogP contribution in [0.1, 0.15) is 51.9 Å². The van der Waals surface area contributed by atoms with Crippen molar-refractivity contribution in [2.24, 2.45) is 4.99 Å². The number of nitrogens with zero attached hydrogens (tertiary/aromatic N) is 2. The number of thioether (sulfide) groups is 1. The standard InChI is InChI=1S/C17H33N3OS.HI/c1-3-21-13-8-7-11-19-16(18-2)20-12-14-22-17(15-20)9-5-4-6-10-17;/h3-15H2,1-2H3,(H,18,19);1H. The maximum Gasteiger partial charge on any atom is 0.193 e. The molecule has 0 aromatic heterocycles. The molecule has 2 aliphatic rings. The Morgan fingerprint density at radius 2 is 2.04 bits per heavy atom. The van der Waals surface area contributed by atoms with Crippen molar-refractivity contribution in [1.29, 1.82) is 0 Å². The summed E-state index contributed by atoms with van der Waals surface area (Å²) in [7, 11) is 1.91. The van der Waals surface area contributed by atoms with Gasteiger partial charge in [0, 0.05) is 50.4 Å². The van der Waals surface area contributed by atoms with Crippen LogP contribution in [0.25, 0.3) is 0 Å². The highest BCUT2D eigenvalue weighted by Crippen LogP contribution is 2.42. The highest BCUT2D eigenvalue weighted by atomic mass is 127. The summed E-state index contributed by atoms with van der Waals surface area (Å²) >= 11 is 2.21. The maximum atomic E-state index is 5.39. The monoisotopic (exact) mass is 455 g/mol. The van der Waals surface area contributed by atoms with E-state index in [0.717, 1.165) is 45.1 Å². The molecule has 1 aliphatic heterocycles. The Bertz CT molecular complexity index is 343. The molecule has 136 valence electrons. The second-order valence-corrected chi connectivity index (χ2v) is 7.95. The molecule has 0 amide bonds. The van der Waals surface area contributed by atoms with E-state index in [-0.39, 0.29) is 24.0 Å². The molecule has 4 nitrogen and oxygen atoms in total. The minimum absolute atomic E-state index is 0. The summed E-state index contributed by atoms with van der Waals surface area (Å²) in [4.78, 5) is 7.01. The van der Waals surface area contributed by atoms with Gasteiger partial charge in [0.2, 0.25) is 0 Å². The average Bonchev–Trinajstić information content (AvgIpc) is 2.55. The number of hydrogen-bond acceptors (Lipinski definition) is 3. The summed E-state index contributed by atoms with van der Waals surface area (Å²) < 4.78 is 5.89. The lowest BCUT2D eigenvalue weighted by Gasteiger charge is -2.45. The van der Waals surface area contributed by atoms with Gasteiger partial charge >= 0.3 is 0 Å². The van der Waals surface area contributed by atoms with Gasteiger partial charge in [0.05, 0.1) is 0 Å². The van der Waals surface area contributed by atoms with E-state index in [1.165, 1.54) is 44.4 Å². The van der Waals surface area contributed by atoms with Crippen LogP contribution < -0.4 is 5.32 Å². The molecule has 1 saturated carbocycles. The van der Waals surface area contributed by atoms with Crippen LogP contribution in [0.2, 0.25) is 0 Å². The summed E-state index contributed by atoms with van der Waals surface area (Å²) in [6.07, 6.45) is 9.28. The fourth-order valence-electron chi connectivity index (χ4n) is 3.53. The van der Waals surface area contributed by atoms with E-state index in [0.29, 0.717) is 4.75 Å². The van der Waals surface area contributed by atoms with Crippen LogP contribution in [0.15, 0.2) is 4.99 Å². The first-order valence-electron chi connectivity index (χ1n) is 8.97. The Labute approximate surface area is 163 Å². The Kier molecular flexibility index (Phi) is 10.9. The van der Waals surface area contributed by atoms with Gasteiger partial charge in [-0.25, -0.2) is 0 Å². The molecule has 0 aromatic rings. The van der Waals surface area contributed by atoms with Gasteiger partial charge in [-0.05, 0) is 32.6 Å². The van der Waals surface area contributed by atoms with E-state index in [1.54, 1.807) is 0 Å². The summed E-state index contributed by atoms with van der Waals surface area (Å²) in [6, 6.07) is 0. The number of hydrogen-bond donors (Lipinski definition) is 1. The molecule has 23 heavy (non-hydrogen) atoms.